The Balaban J connectivity index is 0.000000845. The summed E-state index contributed by atoms with van der Waals surface area (Å²) in [5.41, 5.74) is 0.488. The van der Waals surface area contributed by atoms with Crippen molar-refractivity contribution in [2.75, 3.05) is 45.8 Å². The third kappa shape index (κ3) is 10.8. The number of methoxy groups -OCH3 is 2. The summed E-state index contributed by atoms with van der Waals surface area (Å²) in [5, 5.41) is 2.60. The zero-order valence-electron chi connectivity index (χ0n) is 31.9. The minimum absolute atomic E-state index is 0.0316. The maximum atomic E-state index is 13.0. The SMILES string of the molecule is CCCC(=O)Nc1ccn([C@H]2C[C@H](O[P+](=O)[O-])[C@@H](COC(c3ccccc3)(c3ccc(OC)cc3)c3ccc(OC)cc3)O2)c(=O)n1.CC[NH+](CC)CC. The summed E-state index contributed by atoms with van der Waals surface area (Å²) in [7, 11) is -0.0713. The number of amides is 1. The standard InChI is InChI=1S/C34H36N3O9P.C6H15N/c1-4-8-31(38)35-30-19-20-37(33(39)36-30)32-21-28(46-47(40)41)29(45-32)22-44-34(23-9-6-5-7-10-23,24-11-15-26(42-2)16-12-24)25-13-17-27(43-3)18-14-25;1-4-7(5-2)6-3/h5-7,9-20,28-29,32H,4,8,21-22H2,1-3H3,(H,35,36,38,39);4-6H2,1-3H3/p+1/t28-,29+,32+;/m0./s1. The lowest BCUT2D eigenvalue weighted by Crippen LogP contribution is -3.11. The van der Waals surface area contributed by atoms with Crippen LogP contribution in [0, 0.1) is 0 Å². The second-order valence-electron chi connectivity index (χ2n) is 12.7. The van der Waals surface area contributed by atoms with Crippen LogP contribution in [0.4, 0.5) is 5.82 Å². The number of rotatable bonds is 17. The van der Waals surface area contributed by atoms with Crippen molar-refractivity contribution in [3.05, 3.63) is 118 Å². The van der Waals surface area contributed by atoms with Gasteiger partial charge in [0.15, 0.2) is 0 Å². The summed E-state index contributed by atoms with van der Waals surface area (Å²) < 4.78 is 42.3. The van der Waals surface area contributed by atoms with E-state index in [4.69, 9.17) is 23.5 Å². The number of carbonyl (C=O) groups excluding carboxylic acids is 1. The molecular weight excluding hydrogens is 711 g/mol. The van der Waals surface area contributed by atoms with E-state index >= 15 is 0 Å². The molecule has 2 N–H and O–H groups in total. The van der Waals surface area contributed by atoms with Gasteiger partial charge in [0.1, 0.15) is 41.4 Å². The molecule has 0 saturated carbocycles. The topological polar surface area (TPSA) is 155 Å². The van der Waals surface area contributed by atoms with Crippen LogP contribution < -0.4 is 30.3 Å². The molecule has 3 aromatic carbocycles. The normalized spacial score (nSPS) is 17.0. The summed E-state index contributed by atoms with van der Waals surface area (Å²) in [4.78, 5) is 42.4. The number of benzene rings is 3. The Morgan fingerprint density at radius 2 is 1.46 bits per heavy atom. The summed E-state index contributed by atoms with van der Waals surface area (Å²) in [6, 6.07) is 26.1. The first kappa shape index (κ1) is 42.3. The predicted molar refractivity (Wildman–Crippen MR) is 204 cm³/mol. The van der Waals surface area contributed by atoms with Crippen molar-refractivity contribution < 1.29 is 42.6 Å². The van der Waals surface area contributed by atoms with Crippen LogP contribution in [-0.4, -0.2) is 68.1 Å². The van der Waals surface area contributed by atoms with Crippen molar-refractivity contribution in [1.29, 1.82) is 0 Å². The average molecular weight is 764 g/mol. The highest BCUT2D eigenvalue weighted by Gasteiger charge is 2.45. The Kier molecular flexibility index (Phi) is 16.3. The van der Waals surface area contributed by atoms with Crippen LogP contribution >= 0.6 is 8.25 Å². The fourth-order valence-corrected chi connectivity index (χ4v) is 6.85. The Morgan fingerprint density at radius 3 is 1.93 bits per heavy atom. The molecule has 0 bridgehead atoms. The minimum Gasteiger partial charge on any atom is -0.566 e. The van der Waals surface area contributed by atoms with E-state index in [2.05, 4.69) is 31.1 Å². The van der Waals surface area contributed by atoms with Gasteiger partial charge in [-0.1, -0.05) is 61.5 Å². The summed E-state index contributed by atoms with van der Waals surface area (Å²) in [6.07, 6.45) is -0.347. The van der Waals surface area contributed by atoms with Gasteiger partial charge in [0.2, 0.25) is 5.91 Å². The van der Waals surface area contributed by atoms with Crippen molar-refractivity contribution in [2.24, 2.45) is 0 Å². The fraction of sp³-hybridized carbons (Fsp3) is 0.425. The number of carbonyl (C=O) groups is 1. The lowest BCUT2D eigenvalue weighted by atomic mass is 9.80. The van der Waals surface area contributed by atoms with Gasteiger partial charge in [0.25, 0.3) is 0 Å². The zero-order valence-corrected chi connectivity index (χ0v) is 32.8. The van der Waals surface area contributed by atoms with E-state index in [1.54, 1.807) is 19.1 Å². The third-order valence-electron chi connectivity index (χ3n) is 9.42. The van der Waals surface area contributed by atoms with Gasteiger partial charge in [-0.05, 0) is 78.8 Å². The van der Waals surface area contributed by atoms with Gasteiger partial charge in [-0.3, -0.25) is 9.36 Å². The summed E-state index contributed by atoms with van der Waals surface area (Å²) in [6.45, 7) is 12.2. The molecule has 1 amide bonds. The molecule has 54 heavy (non-hydrogen) atoms. The number of aromatic nitrogens is 2. The molecule has 5 rings (SSSR count). The van der Waals surface area contributed by atoms with E-state index in [0.29, 0.717) is 24.3 Å². The zero-order chi connectivity index (χ0) is 39.1. The van der Waals surface area contributed by atoms with Gasteiger partial charge in [0.05, 0.1) is 40.5 Å². The number of ether oxygens (including phenoxy) is 4. The maximum Gasteiger partial charge on any atom is 0.488 e. The maximum absolute atomic E-state index is 13.0. The highest BCUT2D eigenvalue weighted by atomic mass is 31.1. The first-order valence-electron chi connectivity index (χ1n) is 18.3. The first-order valence-corrected chi connectivity index (χ1v) is 19.4. The Bertz CT molecular complexity index is 1770. The number of quaternary nitrogens is 1. The average Bonchev–Trinajstić information content (AvgIpc) is 3.58. The van der Waals surface area contributed by atoms with Crippen LogP contribution in [0.5, 0.6) is 11.5 Å². The van der Waals surface area contributed by atoms with Crippen molar-refractivity contribution in [1.82, 2.24) is 9.55 Å². The van der Waals surface area contributed by atoms with Crippen molar-refractivity contribution in [2.45, 2.75) is 71.0 Å². The van der Waals surface area contributed by atoms with E-state index in [1.807, 2.05) is 85.8 Å². The molecule has 0 radical (unpaired) electrons. The highest BCUT2D eigenvalue weighted by Crippen LogP contribution is 2.43. The second-order valence-corrected chi connectivity index (χ2v) is 13.3. The largest absolute Gasteiger partial charge is 0.566 e. The first-order chi connectivity index (χ1) is 26.1. The van der Waals surface area contributed by atoms with E-state index in [0.717, 1.165) is 16.7 Å². The predicted octanol–water partition coefficient (Wildman–Crippen LogP) is 4.63. The van der Waals surface area contributed by atoms with Crippen LogP contribution in [0.25, 0.3) is 0 Å². The lowest BCUT2D eigenvalue weighted by Gasteiger charge is -2.37. The Hall–Kier alpha value is -4.49. The molecule has 290 valence electrons. The van der Waals surface area contributed by atoms with Gasteiger partial charge in [-0.2, -0.15) is 4.98 Å². The smallest absolute Gasteiger partial charge is 0.488 e. The molecule has 0 aliphatic carbocycles. The Labute approximate surface area is 318 Å². The molecule has 1 aliphatic rings. The number of nitrogens with zero attached hydrogens (tertiary/aromatic N) is 2. The number of hydrogen-bond acceptors (Lipinski definition) is 10. The molecule has 14 heteroatoms. The number of hydrogen-bond donors (Lipinski definition) is 2. The monoisotopic (exact) mass is 763 g/mol. The minimum atomic E-state index is -3.25. The molecule has 1 unspecified atom stereocenters. The van der Waals surface area contributed by atoms with E-state index < -0.39 is 38.0 Å². The fourth-order valence-electron chi connectivity index (χ4n) is 6.41. The molecule has 4 atom stereocenters. The Morgan fingerprint density at radius 1 is 0.907 bits per heavy atom. The highest BCUT2D eigenvalue weighted by molar-refractivity contribution is 7.30. The molecule has 1 aliphatic heterocycles. The molecule has 13 nitrogen and oxygen atoms in total. The summed E-state index contributed by atoms with van der Waals surface area (Å²) >= 11 is 0. The molecular formula is C40H52N4O9P+. The van der Waals surface area contributed by atoms with Crippen molar-refractivity contribution in [3.8, 4) is 11.5 Å². The molecule has 1 saturated heterocycles. The van der Waals surface area contributed by atoms with Gasteiger partial charge < -0.3 is 34.1 Å². The second kappa shape index (κ2) is 20.8. The lowest BCUT2D eigenvalue weighted by molar-refractivity contribution is -0.894. The van der Waals surface area contributed by atoms with Crippen LogP contribution in [0.15, 0.2) is 95.9 Å². The van der Waals surface area contributed by atoms with Crippen LogP contribution in [-0.2, 0) is 29.0 Å². The molecule has 0 spiro atoms. The van der Waals surface area contributed by atoms with Gasteiger partial charge in [-0.25, -0.2) is 4.79 Å². The molecule has 2 heterocycles. The van der Waals surface area contributed by atoms with Crippen LogP contribution in [0.3, 0.4) is 0 Å². The number of nitrogens with one attached hydrogen (secondary N) is 2. The van der Waals surface area contributed by atoms with Crippen molar-refractivity contribution >= 4 is 20.0 Å². The summed E-state index contributed by atoms with van der Waals surface area (Å²) in [5.74, 6) is 1.18. The van der Waals surface area contributed by atoms with E-state index in [1.165, 1.54) is 36.5 Å². The molecule has 4 aromatic rings. The van der Waals surface area contributed by atoms with Crippen LogP contribution in [0.1, 0.15) is 69.9 Å². The van der Waals surface area contributed by atoms with Gasteiger partial charge >= 0.3 is 13.9 Å². The molecule has 1 aromatic heterocycles. The third-order valence-corrected chi connectivity index (χ3v) is 9.87. The van der Waals surface area contributed by atoms with Crippen LogP contribution in [0.2, 0.25) is 0 Å². The quantitative estimate of drug-likeness (QED) is 0.115. The van der Waals surface area contributed by atoms with Gasteiger partial charge in [-0.15, -0.1) is 4.52 Å². The van der Waals surface area contributed by atoms with Crippen molar-refractivity contribution in [3.63, 3.8) is 0 Å². The van der Waals surface area contributed by atoms with E-state index in [-0.39, 0.29) is 24.8 Å². The number of anilines is 1. The van der Waals surface area contributed by atoms with Gasteiger partial charge in [0, 0.05) is 19.0 Å². The molecule has 1 fully saturated rings. The van der Waals surface area contributed by atoms with E-state index in [9.17, 15) is 19.0 Å².